The van der Waals surface area contributed by atoms with E-state index in [0.717, 1.165) is 11.6 Å². The SMILES string of the molecule is CC(Nc1c(Cl)cccc1C(F)(F)F)c1ccccc1. The summed E-state index contributed by atoms with van der Waals surface area (Å²) in [6.07, 6.45) is -4.44. The summed E-state index contributed by atoms with van der Waals surface area (Å²) >= 11 is 5.90. The van der Waals surface area contributed by atoms with Gasteiger partial charge in [-0.25, -0.2) is 0 Å². The molecule has 0 spiro atoms. The van der Waals surface area contributed by atoms with Crippen molar-refractivity contribution in [2.24, 2.45) is 0 Å². The number of hydrogen-bond acceptors (Lipinski definition) is 1. The Bertz CT molecular complexity index is 581. The van der Waals surface area contributed by atoms with Crippen molar-refractivity contribution in [3.05, 3.63) is 64.7 Å². The van der Waals surface area contributed by atoms with Crippen LogP contribution in [0.1, 0.15) is 24.1 Å². The molecule has 0 fully saturated rings. The van der Waals surface area contributed by atoms with Gasteiger partial charge in [0, 0.05) is 6.04 Å². The van der Waals surface area contributed by atoms with Crippen molar-refractivity contribution in [1.29, 1.82) is 0 Å². The summed E-state index contributed by atoms with van der Waals surface area (Å²) in [6, 6.07) is 12.7. The first-order valence-electron chi connectivity index (χ1n) is 6.07. The van der Waals surface area contributed by atoms with Crippen LogP contribution in [0.5, 0.6) is 0 Å². The lowest BCUT2D eigenvalue weighted by Crippen LogP contribution is -2.14. The van der Waals surface area contributed by atoms with Crippen molar-refractivity contribution in [2.45, 2.75) is 19.1 Å². The maximum absolute atomic E-state index is 13.0. The lowest BCUT2D eigenvalue weighted by Gasteiger charge is -2.20. The molecule has 106 valence electrons. The normalized spacial score (nSPS) is 13.1. The minimum absolute atomic E-state index is 0.0580. The van der Waals surface area contributed by atoms with E-state index >= 15 is 0 Å². The van der Waals surface area contributed by atoms with Gasteiger partial charge >= 0.3 is 6.18 Å². The van der Waals surface area contributed by atoms with Crippen LogP contribution in [-0.2, 0) is 6.18 Å². The van der Waals surface area contributed by atoms with Crippen molar-refractivity contribution in [3.63, 3.8) is 0 Å². The fourth-order valence-electron chi connectivity index (χ4n) is 1.95. The zero-order valence-corrected chi connectivity index (χ0v) is 11.5. The predicted octanol–water partition coefficient (Wildman–Crippen LogP) is 5.53. The highest BCUT2D eigenvalue weighted by Gasteiger charge is 2.34. The summed E-state index contributed by atoms with van der Waals surface area (Å²) in [7, 11) is 0. The topological polar surface area (TPSA) is 12.0 Å². The average molecular weight is 300 g/mol. The fraction of sp³-hybridized carbons (Fsp3) is 0.200. The first-order chi connectivity index (χ1) is 9.39. The zero-order chi connectivity index (χ0) is 14.8. The molecule has 0 bridgehead atoms. The van der Waals surface area contributed by atoms with Gasteiger partial charge in [-0.05, 0) is 24.6 Å². The van der Waals surface area contributed by atoms with Crippen LogP contribution in [0.15, 0.2) is 48.5 Å². The molecule has 0 saturated carbocycles. The monoisotopic (exact) mass is 299 g/mol. The number of alkyl halides is 3. The van der Waals surface area contributed by atoms with Crippen molar-refractivity contribution in [2.75, 3.05) is 5.32 Å². The molecule has 0 aromatic heterocycles. The Labute approximate surface area is 120 Å². The Morgan fingerprint density at radius 2 is 1.65 bits per heavy atom. The van der Waals surface area contributed by atoms with Gasteiger partial charge in [-0.2, -0.15) is 13.2 Å². The van der Waals surface area contributed by atoms with Crippen LogP contribution in [0, 0.1) is 0 Å². The van der Waals surface area contributed by atoms with Gasteiger partial charge in [0.25, 0.3) is 0 Å². The van der Waals surface area contributed by atoms with Crippen LogP contribution in [0.25, 0.3) is 0 Å². The molecule has 1 nitrogen and oxygen atoms in total. The van der Waals surface area contributed by atoms with E-state index in [1.54, 1.807) is 6.92 Å². The molecule has 0 saturated heterocycles. The largest absolute Gasteiger partial charge is 0.418 e. The van der Waals surface area contributed by atoms with E-state index in [1.165, 1.54) is 12.1 Å². The van der Waals surface area contributed by atoms with E-state index in [0.29, 0.717) is 0 Å². The van der Waals surface area contributed by atoms with Gasteiger partial charge in [-0.15, -0.1) is 0 Å². The second-order valence-corrected chi connectivity index (χ2v) is 4.84. The van der Waals surface area contributed by atoms with Crippen LogP contribution in [0.2, 0.25) is 5.02 Å². The van der Waals surface area contributed by atoms with Crippen LogP contribution in [0.3, 0.4) is 0 Å². The number of anilines is 1. The second kappa shape index (κ2) is 5.75. The molecule has 0 aliphatic heterocycles. The molecule has 1 atom stereocenters. The molecule has 20 heavy (non-hydrogen) atoms. The quantitative estimate of drug-likeness (QED) is 0.785. The summed E-state index contributed by atoms with van der Waals surface area (Å²) in [4.78, 5) is 0. The van der Waals surface area contributed by atoms with E-state index in [-0.39, 0.29) is 16.8 Å². The molecule has 1 unspecified atom stereocenters. The van der Waals surface area contributed by atoms with Gasteiger partial charge in [-0.1, -0.05) is 48.0 Å². The average Bonchev–Trinajstić information content (AvgIpc) is 2.40. The van der Waals surface area contributed by atoms with Crippen LogP contribution < -0.4 is 5.32 Å². The third kappa shape index (κ3) is 3.25. The maximum Gasteiger partial charge on any atom is 0.418 e. The molecule has 0 aliphatic rings. The summed E-state index contributed by atoms with van der Waals surface area (Å²) in [5, 5.41) is 2.91. The zero-order valence-electron chi connectivity index (χ0n) is 10.7. The Morgan fingerprint density at radius 1 is 1.00 bits per heavy atom. The van der Waals surface area contributed by atoms with Crippen molar-refractivity contribution >= 4 is 17.3 Å². The number of rotatable bonds is 3. The number of hydrogen-bond donors (Lipinski definition) is 1. The van der Waals surface area contributed by atoms with E-state index in [4.69, 9.17) is 11.6 Å². The molecule has 2 rings (SSSR count). The summed E-state index contributed by atoms with van der Waals surface area (Å²) in [5.74, 6) is 0. The standard InChI is InChI=1S/C15H13ClF3N/c1-10(11-6-3-2-4-7-11)20-14-12(15(17,18)19)8-5-9-13(14)16/h2-10,20H,1H3. The fourth-order valence-corrected chi connectivity index (χ4v) is 2.18. The third-order valence-electron chi connectivity index (χ3n) is 2.98. The lowest BCUT2D eigenvalue weighted by molar-refractivity contribution is -0.137. The molecular formula is C15H13ClF3N. The first-order valence-corrected chi connectivity index (χ1v) is 6.44. The smallest absolute Gasteiger partial charge is 0.377 e. The molecule has 1 N–H and O–H groups in total. The lowest BCUT2D eigenvalue weighted by atomic mass is 10.1. The number of nitrogens with one attached hydrogen (secondary N) is 1. The van der Waals surface area contributed by atoms with Gasteiger partial charge in [0.15, 0.2) is 0 Å². The van der Waals surface area contributed by atoms with Gasteiger partial charge in [-0.3, -0.25) is 0 Å². The molecule has 0 amide bonds. The summed E-state index contributed by atoms with van der Waals surface area (Å²) in [5.41, 5.74) is 0.0475. The summed E-state index contributed by atoms with van der Waals surface area (Å²) < 4.78 is 38.9. The van der Waals surface area contributed by atoms with Gasteiger partial charge in [0.2, 0.25) is 0 Å². The maximum atomic E-state index is 13.0. The van der Waals surface area contributed by atoms with Crippen LogP contribution in [-0.4, -0.2) is 0 Å². The molecular weight excluding hydrogens is 287 g/mol. The van der Waals surface area contributed by atoms with Crippen molar-refractivity contribution < 1.29 is 13.2 Å². The Kier molecular flexibility index (Phi) is 4.23. The molecule has 2 aromatic carbocycles. The van der Waals surface area contributed by atoms with E-state index in [2.05, 4.69) is 5.32 Å². The van der Waals surface area contributed by atoms with Gasteiger partial charge in [0.1, 0.15) is 0 Å². The summed E-state index contributed by atoms with van der Waals surface area (Å²) in [6.45, 7) is 1.79. The van der Waals surface area contributed by atoms with Crippen molar-refractivity contribution in [1.82, 2.24) is 0 Å². The predicted molar refractivity (Wildman–Crippen MR) is 74.9 cm³/mol. The van der Waals surface area contributed by atoms with E-state index in [9.17, 15) is 13.2 Å². The molecule has 2 aromatic rings. The second-order valence-electron chi connectivity index (χ2n) is 4.44. The van der Waals surface area contributed by atoms with E-state index < -0.39 is 11.7 Å². The van der Waals surface area contributed by atoms with Crippen LogP contribution in [0.4, 0.5) is 18.9 Å². The minimum Gasteiger partial charge on any atom is -0.377 e. The highest BCUT2D eigenvalue weighted by molar-refractivity contribution is 6.33. The number of halogens is 4. The minimum atomic E-state index is -4.44. The Morgan fingerprint density at radius 3 is 2.25 bits per heavy atom. The first kappa shape index (κ1) is 14.7. The van der Waals surface area contributed by atoms with Gasteiger partial charge in [0.05, 0.1) is 16.3 Å². The van der Waals surface area contributed by atoms with Crippen LogP contribution >= 0.6 is 11.6 Å². The molecule has 0 aliphatic carbocycles. The molecule has 0 heterocycles. The number of para-hydroxylation sites is 1. The van der Waals surface area contributed by atoms with Crippen molar-refractivity contribution in [3.8, 4) is 0 Å². The Hall–Kier alpha value is -1.68. The highest BCUT2D eigenvalue weighted by atomic mass is 35.5. The third-order valence-corrected chi connectivity index (χ3v) is 3.29. The molecule has 5 heteroatoms. The number of benzene rings is 2. The highest BCUT2D eigenvalue weighted by Crippen LogP contribution is 2.39. The Balaban J connectivity index is 2.34. The molecule has 0 radical (unpaired) electrons. The van der Waals surface area contributed by atoms with Gasteiger partial charge < -0.3 is 5.32 Å². The van der Waals surface area contributed by atoms with E-state index in [1.807, 2.05) is 30.3 Å².